The molecular formula is C16H23BBrNO2. The Bertz CT molecular complexity index is 525. The van der Waals surface area contributed by atoms with E-state index in [2.05, 4.69) is 54.7 Å². The van der Waals surface area contributed by atoms with E-state index in [0.717, 1.165) is 10.1 Å². The Morgan fingerprint density at radius 3 is 2.29 bits per heavy atom. The summed E-state index contributed by atoms with van der Waals surface area (Å²) < 4.78 is 13.3. The molecule has 1 aromatic heterocycles. The number of aromatic nitrogens is 1. The summed E-state index contributed by atoms with van der Waals surface area (Å²) in [5, 5.41) is 0. The minimum Gasteiger partial charge on any atom is -0.398 e. The normalized spacial score (nSPS) is 24.7. The Morgan fingerprint density at radius 2 is 1.71 bits per heavy atom. The van der Waals surface area contributed by atoms with Gasteiger partial charge in [-0.05, 0) is 74.0 Å². The van der Waals surface area contributed by atoms with E-state index in [-0.39, 0.29) is 18.3 Å². The van der Waals surface area contributed by atoms with E-state index in [1.54, 1.807) is 0 Å². The van der Waals surface area contributed by atoms with Crippen LogP contribution in [0.1, 0.15) is 64.9 Å². The molecule has 1 saturated carbocycles. The predicted octanol–water partition coefficient (Wildman–Crippen LogP) is 3.80. The van der Waals surface area contributed by atoms with E-state index in [1.165, 1.54) is 31.2 Å². The zero-order chi connectivity index (χ0) is 15.3. The van der Waals surface area contributed by atoms with Gasteiger partial charge < -0.3 is 9.31 Å². The Hall–Kier alpha value is -0.385. The van der Waals surface area contributed by atoms with Gasteiger partial charge in [0.1, 0.15) is 0 Å². The highest BCUT2D eigenvalue weighted by atomic mass is 79.9. The van der Waals surface area contributed by atoms with Crippen LogP contribution in [0.3, 0.4) is 0 Å². The van der Waals surface area contributed by atoms with Gasteiger partial charge in [-0.1, -0.05) is 12.8 Å². The predicted molar refractivity (Wildman–Crippen MR) is 88.9 cm³/mol. The molecule has 0 radical (unpaired) electrons. The van der Waals surface area contributed by atoms with E-state index in [4.69, 9.17) is 9.31 Å². The second-order valence-corrected chi connectivity index (χ2v) is 8.05. The zero-order valence-electron chi connectivity index (χ0n) is 13.3. The van der Waals surface area contributed by atoms with Crippen molar-refractivity contribution in [1.82, 2.24) is 4.98 Å². The lowest BCUT2D eigenvalue weighted by atomic mass is 9.82. The highest BCUT2D eigenvalue weighted by Crippen LogP contribution is 2.39. The average molecular weight is 352 g/mol. The lowest BCUT2D eigenvalue weighted by Gasteiger charge is -2.32. The molecular weight excluding hydrogens is 329 g/mol. The molecule has 0 aromatic carbocycles. The third-order valence-corrected chi connectivity index (χ3v) is 5.86. The molecule has 0 bridgehead atoms. The van der Waals surface area contributed by atoms with Gasteiger partial charge in [-0.25, -0.2) is 0 Å². The van der Waals surface area contributed by atoms with Gasteiger partial charge in [0.25, 0.3) is 0 Å². The molecule has 0 unspecified atom stereocenters. The zero-order valence-corrected chi connectivity index (χ0v) is 14.9. The van der Waals surface area contributed by atoms with Crippen molar-refractivity contribution in [3.63, 3.8) is 0 Å². The van der Waals surface area contributed by atoms with Crippen LogP contribution in [-0.2, 0) is 9.31 Å². The molecule has 3 nitrogen and oxygen atoms in total. The maximum atomic E-state index is 6.11. The average Bonchev–Trinajstić information content (AvgIpc) is 2.97. The summed E-state index contributed by atoms with van der Waals surface area (Å²) in [7, 11) is -0.372. The Morgan fingerprint density at radius 1 is 1.14 bits per heavy atom. The summed E-state index contributed by atoms with van der Waals surface area (Å²) in [5.74, 6) is 0.642. The first kappa shape index (κ1) is 15.5. The summed E-state index contributed by atoms with van der Waals surface area (Å²) in [6.07, 6.45) is 7.08. The lowest BCUT2D eigenvalue weighted by molar-refractivity contribution is 0.00578. The Labute approximate surface area is 136 Å². The summed E-state index contributed by atoms with van der Waals surface area (Å²) in [6, 6.07) is 2.17. The van der Waals surface area contributed by atoms with E-state index < -0.39 is 0 Å². The molecule has 0 spiro atoms. The van der Waals surface area contributed by atoms with Crippen molar-refractivity contribution < 1.29 is 9.31 Å². The van der Waals surface area contributed by atoms with Crippen LogP contribution in [0.2, 0.25) is 0 Å². The highest BCUT2D eigenvalue weighted by Gasteiger charge is 2.52. The van der Waals surface area contributed by atoms with Crippen LogP contribution in [0, 0.1) is 0 Å². The first-order chi connectivity index (χ1) is 9.80. The van der Waals surface area contributed by atoms with E-state index >= 15 is 0 Å². The molecule has 1 aliphatic carbocycles. The first-order valence-electron chi connectivity index (χ1n) is 7.81. The van der Waals surface area contributed by atoms with Gasteiger partial charge in [0, 0.05) is 10.7 Å². The Kier molecular flexibility index (Phi) is 3.96. The largest absolute Gasteiger partial charge is 0.514 e. The van der Waals surface area contributed by atoms with Gasteiger partial charge in [0.15, 0.2) is 0 Å². The number of hydrogen-bond acceptors (Lipinski definition) is 3. The van der Waals surface area contributed by atoms with E-state index in [1.807, 2.05) is 6.20 Å². The van der Waals surface area contributed by atoms with Crippen molar-refractivity contribution in [1.29, 1.82) is 0 Å². The third-order valence-electron chi connectivity index (χ3n) is 5.20. The van der Waals surface area contributed by atoms with Crippen molar-refractivity contribution in [3.8, 4) is 0 Å². The van der Waals surface area contributed by atoms with Crippen molar-refractivity contribution in [3.05, 3.63) is 22.3 Å². The standard InChI is InChI=1S/C16H23BBrNO2/c1-15(2)16(3,4)21-17(20-15)14-9-12(13(18)10-19-14)11-7-5-6-8-11/h9-11H,5-8H2,1-4H3. The second kappa shape index (κ2) is 5.36. The Balaban J connectivity index is 1.88. The molecule has 1 aromatic rings. The van der Waals surface area contributed by atoms with Crippen molar-refractivity contribution in [2.24, 2.45) is 0 Å². The SMILES string of the molecule is CC1(C)OB(c2cc(C3CCCC3)c(Br)cn2)OC1(C)C. The van der Waals surface area contributed by atoms with Gasteiger partial charge in [-0.3, -0.25) is 4.98 Å². The smallest absolute Gasteiger partial charge is 0.398 e. The van der Waals surface area contributed by atoms with Crippen molar-refractivity contribution in [2.75, 3.05) is 0 Å². The monoisotopic (exact) mass is 351 g/mol. The molecule has 2 fully saturated rings. The number of hydrogen-bond donors (Lipinski definition) is 0. The number of pyridine rings is 1. The van der Waals surface area contributed by atoms with Crippen molar-refractivity contribution >= 4 is 28.6 Å². The molecule has 2 heterocycles. The van der Waals surface area contributed by atoms with Crippen LogP contribution in [0.25, 0.3) is 0 Å². The molecule has 5 heteroatoms. The molecule has 3 rings (SSSR count). The molecule has 2 aliphatic rings. The third kappa shape index (κ3) is 2.80. The van der Waals surface area contributed by atoms with Crippen LogP contribution in [-0.4, -0.2) is 23.3 Å². The minimum atomic E-state index is -0.372. The van der Waals surface area contributed by atoms with Gasteiger partial charge in [0.05, 0.1) is 16.8 Å². The molecule has 114 valence electrons. The molecule has 0 N–H and O–H groups in total. The molecule has 1 saturated heterocycles. The fourth-order valence-corrected chi connectivity index (χ4v) is 3.65. The fourth-order valence-electron chi connectivity index (χ4n) is 3.11. The summed E-state index contributed by atoms with van der Waals surface area (Å²) in [6.45, 7) is 8.29. The summed E-state index contributed by atoms with van der Waals surface area (Å²) >= 11 is 3.65. The van der Waals surface area contributed by atoms with Crippen molar-refractivity contribution in [2.45, 2.75) is 70.5 Å². The number of nitrogens with zero attached hydrogens (tertiary/aromatic N) is 1. The van der Waals surface area contributed by atoms with Crippen LogP contribution in [0.15, 0.2) is 16.7 Å². The summed E-state index contributed by atoms with van der Waals surface area (Å²) in [5.41, 5.74) is 1.60. The maximum absolute atomic E-state index is 6.11. The second-order valence-electron chi connectivity index (χ2n) is 7.20. The summed E-state index contributed by atoms with van der Waals surface area (Å²) in [4.78, 5) is 4.53. The van der Waals surface area contributed by atoms with Crippen LogP contribution >= 0.6 is 15.9 Å². The molecule has 21 heavy (non-hydrogen) atoms. The minimum absolute atomic E-state index is 0.320. The van der Waals surface area contributed by atoms with Crippen LogP contribution in [0.4, 0.5) is 0 Å². The highest BCUT2D eigenvalue weighted by molar-refractivity contribution is 9.10. The quantitative estimate of drug-likeness (QED) is 0.759. The molecule has 0 amide bonds. The molecule has 0 atom stereocenters. The fraction of sp³-hybridized carbons (Fsp3) is 0.688. The van der Waals surface area contributed by atoms with E-state index in [0.29, 0.717) is 5.92 Å². The van der Waals surface area contributed by atoms with Gasteiger partial charge >= 0.3 is 7.12 Å². The molecule has 1 aliphatic heterocycles. The van der Waals surface area contributed by atoms with Gasteiger partial charge in [0.2, 0.25) is 0 Å². The maximum Gasteiger partial charge on any atom is 0.514 e. The number of rotatable bonds is 2. The van der Waals surface area contributed by atoms with Crippen LogP contribution < -0.4 is 5.59 Å². The van der Waals surface area contributed by atoms with Gasteiger partial charge in [-0.15, -0.1) is 0 Å². The van der Waals surface area contributed by atoms with E-state index in [9.17, 15) is 0 Å². The first-order valence-corrected chi connectivity index (χ1v) is 8.60. The lowest BCUT2D eigenvalue weighted by Crippen LogP contribution is -2.41. The topological polar surface area (TPSA) is 31.4 Å². The van der Waals surface area contributed by atoms with Crippen LogP contribution in [0.5, 0.6) is 0 Å². The number of halogens is 1. The van der Waals surface area contributed by atoms with Gasteiger partial charge in [-0.2, -0.15) is 0 Å².